The Morgan fingerprint density at radius 3 is 2.27 bits per heavy atom. The lowest BCUT2D eigenvalue weighted by Crippen LogP contribution is -2.48. The third-order valence-corrected chi connectivity index (χ3v) is 7.68. The van der Waals surface area contributed by atoms with Crippen LogP contribution in [0.3, 0.4) is 0 Å². The Balaban J connectivity index is 1.46. The first-order valence-corrected chi connectivity index (χ1v) is 12.7. The summed E-state index contributed by atoms with van der Waals surface area (Å²) >= 11 is 0. The molecule has 10 heteroatoms. The average Bonchev–Trinajstić information content (AvgIpc) is 3.27. The highest BCUT2D eigenvalue weighted by molar-refractivity contribution is 7.90. The summed E-state index contributed by atoms with van der Waals surface area (Å²) in [7, 11) is -1.90. The second kappa shape index (κ2) is 9.88. The van der Waals surface area contributed by atoms with Crippen molar-refractivity contribution < 1.29 is 13.2 Å². The molecule has 1 aliphatic rings. The first kappa shape index (κ1) is 23.2. The van der Waals surface area contributed by atoms with E-state index in [1.54, 1.807) is 31.4 Å². The number of sulfone groups is 1. The third kappa shape index (κ3) is 5.17. The van der Waals surface area contributed by atoms with Gasteiger partial charge in [0.05, 0.1) is 18.0 Å². The van der Waals surface area contributed by atoms with Crippen molar-refractivity contribution in [2.24, 2.45) is 0 Å². The van der Waals surface area contributed by atoms with Crippen molar-refractivity contribution in [3.05, 3.63) is 59.9 Å². The second-order valence-corrected chi connectivity index (χ2v) is 10.2. The first-order valence-electron chi connectivity index (χ1n) is 11.1. The van der Waals surface area contributed by atoms with Gasteiger partial charge in [0.15, 0.2) is 21.5 Å². The lowest BCUT2D eigenvalue weighted by atomic mass is 10.1. The third-order valence-electron chi connectivity index (χ3n) is 6.11. The topological polar surface area (TPSA) is 93.5 Å². The summed E-state index contributed by atoms with van der Waals surface area (Å²) < 4.78 is 32.6. The number of anilines is 1. The zero-order valence-corrected chi connectivity index (χ0v) is 20.1. The smallest absolute Gasteiger partial charge is 0.198 e. The molecular formula is C23H30N6O3S. The number of hydrogen-bond acceptors (Lipinski definition) is 8. The van der Waals surface area contributed by atoms with Crippen molar-refractivity contribution >= 4 is 15.5 Å². The fourth-order valence-electron chi connectivity index (χ4n) is 4.21. The van der Waals surface area contributed by atoms with Crippen LogP contribution in [0.2, 0.25) is 0 Å². The molecule has 4 rings (SSSR count). The van der Waals surface area contributed by atoms with E-state index in [-0.39, 0.29) is 16.8 Å². The maximum absolute atomic E-state index is 13.0. The predicted octanol–water partition coefficient (Wildman–Crippen LogP) is 2.69. The van der Waals surface area contributed by atoms with Gasteiger partial charge in [-0.2, -0.15) is 0 Å². The lowest BCUT2D eigenvalue weighted by molar-refractivity contribution is 0.170. The van der Waals surface area contributed by atoms with Crippen LogP contribution in [0.15, 0.2) is 53.4 Å². The largest absolute Gasteiger partial charge is 0.497 e. The molecule has 1 aliphatic heterocycles. The van der Waals surface area contributed by atoms with Crippen molar-refractivity contribution in [2.45, 2.75) is 37.1 Å². The Kier molecular flexibility index (Phi) is 6.94. The van der Waals surface area contributed by atoms with Crippen LogP contribution in [0.1, 0.15) is 30.8 Å². The van der Waals surface area contributed by atoms with E-state index in [0.29, 0.717) is 5.82 Å². The molecule has 2 heterocycles. The highest BCUT2D eigenvalue weighted by atomic mass is 32.2. The summed E-state index contributed by atoms with van der Waals surface area (Å²) in [6, 6.07) is 14.9. The molecule has 33 heavy (non-hydrogen) atoms. The molecule has 0 radical (unpaired) electrons. The minimum atomic E-state index is -3.56. The van der Waals surface area contributed by atoms with Gasteiger partial charge < -0.3 is 9.64 Å². The van der Waals surface area contributed by atoms with E-state index in [0.717, 1.165) is 49.6 Å². The Hall–Kier alpha value is -2.98. The van der Waals surface area contributed by atoms with Gasteiger partial charge in [-0.1, -0.05) is 24.6 Å². The number of methoxy groups -OCH3 is 1. The monoisotopic (exact) mass is 470 g/mol. The molecule has 0 unspecified atom stereocenters. The molecule has 0 N–H and O–H groups in total. The van der Waals surface area contributed by atoms with Gasteiger partial charge in [-0.15, -0.1) is 5.10 Å². The standard InChI is InChI=1S/C23H30N6O3S/c1-4-22(28-15-13-27(14-16-28)19-7-9-20(32-3)10-8-19)23-24-25-26-29(23)17-33(30,31)21-11-5-18(2)6-12-21/h5-12,22H,4,13-17H2,1-3H3/t22-/m0/s1. The molecule has 0 saturated carbocycles. The van der Waals surface area contributed by atoms with Crippen LogP contribution in [-0.2, 0) is 15.7 Å². The second-order valence-electron chi connectivity index (χ2n) is 8.24. The van der Waals surface area contributed by atoms with Gasteiger partial charge in [0, 0.05) is 31.9 Å². The highest BCUT2D eigenvalue weighted by Crippen LogP contribution is 2.27. The number of benzene rings is 2. The van der Waals surface area contributed by atoms with Gasteiger partial charge >= 0.3 is 0 Å². The summed E-state index contributed by atoms with van der Waals surface area (Å²) in [5.74, 6) is 1.16. The SMILES string of the molecule is CC[C@@H](c1nnnn1CS(=O)(=O)c1ccc(C)cc1)N1CCN(c2ccc(OC)cc2)CC1. The van der Waals surface area contributed by atoms with Crippen molar-refractivity contribution in [1.29, 1.82) is 0 Å². The minimum Gasteiger partial charge on any atom is -0.497 e. The molecule has 2 aromatic carbocycles. The van der Waals surface area contributed by atoms with E-state index in [1.165, 1.54) is 4.68 Å². The first-order chi connectivity index (χ1) is 15.9. The number of aryl methyl sites for hydroxylation is 1. The summed E-state index contributed by atoms with van der Waals surface area (Å²) in [6.07, 6.45) is 0.785. The van der Waals surface area contributed by atoms with Gasteiger partial charge in [-0.3, -0.25) is 4.90 Å². The zero-order valence-electron chi connectivity index (χ0n) is 19.3. The van der Waals surface area contributed by atoms with Crippen LogP contribution in [0.4, 0.5) is 5.69 Å². The molecule has 1 saturated heterocycles. The predicted molar refractivity (Wildman–Crippen MR) is 126 cm³/mol. The molecule has 9 nitrogen and oxygen atoms in total. The molecule has 0 aliphatic carbocycles. The van der Waals surface area contributed by atoms with Crippen molar-refractivity contribution in [3.8, 4) is 5.75 Å². The van der Waals surface area contributed by atoms with Gasteiger partial charge in [0.2, 0.25) is 0 Å². The normalized spacial score (nSPS) is 16.0. The fraction of sp³-hybridized carbons (Fsp3) is 0.435. The number of hydrogen-bond donors (Lipinski definition) is 0. The van der Waals surface area contributed by atoms with E-state index >= 15 is 0 Å². The number of nitrogens with zero attached hydrogens (tertiary/aromatic N) is 6. The van der Waals surface area contributed by atoms with Gasteiger partial charge in [0.25, 0.3) is 0 Å². The maximum Gasteiger partial charge on any atom is 0.198 e. The minimum absolute atomic E-state index is 0.0498. The molecule has 176 valence electrons. The zero-order chi connectivity index (χ0) is 23.4. The van der Waals surface area contributed by atoms with Crippen LogP contribution >= 0.6 is 0 Å². The van der Waals surface area contributed by atoms with Crippen LogP contribution < -0.4 is 9.64 Å². The average molecular weight is 471 g/mol. The highest BCUT2D eigenvalue weighted by Gasteiger charge is 2.29. The van der Waals surface area contributed by atoms with E-state index in [2.05, 4.69) is 44.4 Å². The van der Waals surface area contributed by atoms with E-state index in [4.69, 9.17) is 4.74 Å². The number of tetrazole rings is 1. The molecule has 0 bridgehead atoms. The number of piperazine rings is 1. The van der Waals surface area contributed by atoms with Gasteiger partial charge in [-0.05, 0) is 60.2 Å². The summed E-state index contributed by atoms with van der Waals surface area (Å²) in [5, 5.41) is 12.0. The fourth-order valence-corrected chi connectivity index (χ4v) is 5.42. The van der Waals surface area contributed by atoms with Gasteiger partial charge in [-0.25, -0.2) is 13.1 Å². The number of rotatable bonds is 8. The Bertz CT molecular complexity index is 1150. The molecule has 1 fully saturated rings. The lowest BCUT2D eigenvalue weighted by Gasteiger charge is -2.39. The van der Waals surface area contributed by atoms with Crippen molar-refractivity contribution in [1.82, 2.24) is 25.1 Å². The van der Waals surface area contributed by atoms with E-state index in [9.17, 15) is 8.42 Å². The summed E-state index contributed by atoms with van der Waals surface area (Å²) in [5.41, 5.74) is 2.18. The Morgan fingerprint density at radius 2 is 1.67 bits per heavy atom. The summed E-state index contributed by atoms with van der Waals surface area (Å²) in [6.45, 7) is 7.41. The maximum atomic E-state index is 13.0. The van der Waals surface area contributed by atoms with Crippen molar-refractivity contribution in [2.75, 3.05) is 38.2 Å². The number of ether oxygens (including phenoxy) is 1. The molecule has 1 aromatic heterocycles. The van der Waals surface area contributed by atoms with E-state index < -0.39 is 9.84 Å². The molecule has 1 atom stereocenters. The van der Waals surface area contributed by atoms with Crippen LogP contribution in [0.5, 0.6) is 5.75 Å². The van der Waals surface area contributed by atoms with Crippen LogP contribution in [0, 0.1) is 6.92 Å². The number of aromatic nitrogens is 4. The Morgan fingerprint density at radius 1 is 1.00 bits per heavy atom. The molecule has 0 amide bonds. The quantitative estimate of drug-likeness (QED) is 0.496. The molecule has 3 aromatic rings. The van der Waals surface area contributed by atoms with E-state index in [1.807, 2.05) is 19.1 Å². The van der Waals surface area contributed by atoms with Crippen molar-refractivity contribution in [3.63, 3.8) is 0 Å². The van der Waals surface area contributed by atoms with Crippen LogP contribution in [0.25, 0.3) is 0 Å². The molecular weight excluding hydrogens is 440 g/mol. The molecule has 0 spiro atoms. The van der Waals surface area contributed by atoms with Crippen LogP contribution in [-0.4, -0.2) is 66.8 Å². The summed E-state index contributed by atoms with van der Waals surface area (Å²) in [4.78, 5) is 4.95. The Labute approximate surface area is 194 Å². The van der Waals surface area contributed by atoms with Gasteiger partial charge in [0.1, 0.15) is 5.75 Å².